The van der Waals surface area contributed by atoms with E-state index in [1.807, 2.05) is 0 Å². The topological polar surface area (TPSA) is 82.3 Å². The van der Waals surface area contributed by atoms with E-state index in [1.165, 1.54) is 154 Å². The Morgan fingerprint density at radius 1 is 0.327 bits per heavy atom. The molecule has 0 heterocycles. The largest absolute Gasteiger partial charge is 0.356 e. The Hall–Kier alpha value is -1.66. The highest BCUT2D eigenvalue weighted by Crippen LogP contribution is 2.11. The standard InChI is InChI=1S/C46H90N4O2/c1-3-5-7-9-11-13-15-17-19-21-23-25-27-29-31-37-45(51)49-43-35-41-47-39-33-34-40-48-42-36-44-50-46(52)38-32-30-28-26-24-22-20-18-16-14-12-10-8-6-4-2/h17-20,47-48H,3-16,21-44H2,1-2H3,(H,49,51)(H,50,52)/b19-17-,20-18-. The lowest BCUT2D eigenvalue weighted by atomic mass is 10.1. The van der Waals surface area contributed by atoms with Gasteiger partial charge in [-0.3, -0.25) is 9.59 Å². The lowest BCUT2D eigenvalue weighted by molar-refractivity contribution is -0.122. The highest BCUT2D eigenvalue weighted by atomic mass is 16.2. The fourth-order valence-electron chi connectivity index (χ4n) is 6.52. The maximum absolute atomic E-state index is 12.1. The Balaban J connectivity index is 3.26. The summed E-state index contributed by atoms with van der Waals surface area (Å²) in [5.74, 6) is 0.420. The van der Waals surface area contributed by atoms with Crippen LogP contribution in [0.5, 0.6) is 0 Å². The lowest BCUT2D eigenvalue weighted by Crippen LogP contribution is -2.28. The van der Waals surface area contributed by atoms with Gasteiger partial charge in [0.05, 0.1) is 0 Å². The number of amides is 2. The molecule has 0 aliphatic rings. The fourth-order valence-corrected chi connectivity index (χ4v) is 6.52. The smallest absolute Gasteiger partial charge is 0.219 e. The SMILES string of the molecule is CCCCCCCC/C=C\CCCCCCCC(=O)NCCCNCCCCNCCCNC(=O)CCCCCCC/C=C\CCCCCCCC. The molecule has 0 unspecified atom stereocenters. The molecule has 6 heteroatoms. The zero-order chi connectivity index (χ0) is 37.7. The van der Waals surface area contributed by atoms with E-state index in [9.17, 15) is 9.59 Å². The molecule has 0 spiro atoms. The molecule has 4 N–H and O–H groups in total. The first-order valence-corrected chi connectivity index (χ1v) is 23.0. The molecule has 0 fully saturated rings. The Bertz CT molecular complexity index is 720. The van der Waals surface area contributed by atoms with Crippen LogP contribution in [-0.2, 0) is 9.59 Å². The summed E-state index contributed by atoms with van der Waals surface area (Å²) in [6.45, 7) is 10.1. The molecular weight excluding hydrogens is 641 g/mol. The molecule has 52 heavy (non-hydrogen) atoms. The van der Waals surface area contributed by atoms with Crippen molar-refractivity contribution in [1.82, 2.24) is 21.3 Å². The summed E-state index contributed by atoms with van der Waals surface area (Å²) in [5.41, 5.74) is 0. The molecule has 0 aliphatic carbocycles. The van der Waals surface area contributed by atoms with E-state index >= 15 is 0 Å². The van der Waals surface area contributed by atoms with Gasteiger partial charge in [-0.05, 0) is 116 Å². The van der Waals surface area contributed by atoms with Gasteiger partial charge in [-0.2, -0.15) is 0 Å². The number of hydrogen-bond acceptors (Lipinski definition) is 4. The van der Waals surface area contributed by atoms with Crippen LogP contribution in [0.15, 0.2) is 24.3 Å². The number of carbonyl (C=O) groups is 2. The summed E-state index contributed by atoms with van der Waals surface area (Å²) in [6.07, 6.45) is 48.5. The van der Waals surface area contributed by atoms with Crippen molar-refractivity contribution < 1.29 is 9.59 Å². The molecule has 2 amide bonds. The molecule has 0 rings (SSSR count). The highest BCUT2D eigenvalue weighted by Gasteiger charge is 2.02. The molecule has 0 bridgehead atoms. The molecule has 0 aliphatic heterocycles. The van der Waals surface area contributed by atoms with Gasteiger partial charge < -0.3 is 21.3 Å². The number of rotatable bonds is 43. The molecule has 0 radical (unpaired) electrons. The van der Waals surface area contributed by atoms with Crippen LogP contribution in [0.2, 0.25) is 0 Å². The van der Waals surface area contributed by atoms with E-state index < -0.39 is 0 Å². The summed E-state index contributed by atoms with van der Waals surface area (Å²) < 4.78 is 0. The van der Waals surface area contributed by atoms with Crippen LogP contribution < -0.4 is 21.3 Å². The third-order valence-corrected chi connectivity index (χ3v) is 9.99. The average molecular weight is 731 g/mol. The predicted octanol–water partition coefficient (Wildman–Crippen LogP) is 12.0. The maximum atomic E-state index is 12.1. The first-order valence-electron chi connectivity index (χ1n) is 23.0. The van der Waals surface area contributed by atoms with Gasteiger partial charge in [-0.25, -0.2) is 0 Å². The summed E-state index contributed by atoms with van der Waals surface area (Å²) in [6, 6.07) is 0. The van der Waals surface area contributed by atoms with Gasteiger partial charge in [0.2, 0.25) is 11.8 Å². The van der Waals surface area contributed by atoms with Crippen molar-refractivity contribution in [2.75, 3.05) is 39.3 Å². The van der Waals surface area contributed by atoms with Crippen molar-refractivity contribution in [1.29, 1.82) is 0 Å². The molecule has 6 nitrogen and oxygen atoms in total. The summed E-state index contributed by atoms with van der Waals surface area (Å²) in [7, 11) is 0. The van der Waals surface area contributed by atoms with Gasteiger partial charge in [0, 0.05) is 25.9 Å². The van der Waals surface area contributed by atoms with E-state index in [0.717, 1.165) is 77.8 Å². The molecular formula is C46H90N4O2. The zero-order valence-electron chi connectivity index (χ0n) is 35.0. The minimum Gasteiger partial charge on any atom is -0.356 e. The predicted molar refractivity (Wildman–Crippen MR) is 229 cm³/mol. The average Bonchev–Trinajstić information content (AvgIpc) is 3.14. The second-order valence-electron chi connectivity index (χ2n) is 15.3. The zero-order valence-corrected chi connectivity index (χ0v) is 35.0. The molecule has 0 aromatic rings. The molecule has 0 aromatic carbocycles. The maximum Gasteiger partial charge on any atom is 0.219 e. The molecule has 0 atom stereocenters. The lowest BCUT2D eigenvalue weighted by Gasteiger charge is -2.08. The van der Waals surface area contributed by atoms with Crippen LogP contribution in [0.4, 0.5) is 0 Å². The summed E-state index contributed by atoms with van der Waals surface area (Å²) >= 11 is 0. The summed E-state index contributed by atoms with van der Waals surface area (Å²) in [4.78, 5) is 24.2. The minimum absolute atomic E-state index is 0.210. The van der Waals surface area contributed by atoms with E-state index in [1.54, 1.807) is 0 Å². The Kier molecular flexibility index (Phi) is 44.0. The normalized spacial score (nSPS) is 11.7. The van der Waals surface area contributed by atoms with E-state index in [-0.39, 0.29) is 11.8 Å². The van der Waals surface area contributed by atoms with E-state index in [4.69, 9.17) is 0 Å². The molecule has 0 saturated carbocycles. The van der Waals surface area contributed by atoms with Crippen LogP contribution >= 0.6 is 0 Å². The third-order valence-electron chi connectivity index (χ3n) is 9.99. The van der Waals surface area contributed by atoms with E-state index in [2.05, 4.69) is 59.4 Å². The van der Waals surface area contributed by atoms with Crippen LogP contribution in [0.1, 0.15) is 219 Å². The van der Waals surface area contributed by atoms with Crippen molar-refractivity contribution in [3.8, 4) is 0 Å². The number of carbonyl (C=O) groups excluding carboxylic acids is 2. The van der Waals surface area contributed by atoms with Gasteiger partial charge in [0.1, 0.15) is 0 Å². The van der Waals surface area contributed by atoms with Crippen molar-refractivity contribution >= 4 is 11.8 Å². The number of allylic oxidation sites excluding steroid dienone is 4. The first kappa shape index (κ1) is 50.3. The minimum atomic E-state index is 0.210. The second kappa shape index (κ2) is 45.5. The van der Waals surface area contributed by atoms with Crippen LogP contribution in [0.3, 0.4) is 0 Å². The highest BCUT2D eigenvalue weighted by molar-refractivity contribution is 5.76. The number of hydrogen-bond donors (Lipinski definition) is 4. The van der Waals surface area contributed by atoms with Crippen LogP contribution in [0.25, 0.3) is 0 Å². The van der Waals surface area contributed by atoms with Gasteiger partial charge in [-0.1, -0.05) is 141 Å². The molecule has 0 aromatic heterocycles. The monoisotopic (exact) mass is 731 g/mol. The van der Waals surface area contributed by atoms with Gasteiger partial charge in [-0.15, -0.1) is 0 Å². The van der Waals surface area contributed by atoms with Gasteiger partial charge in [0.15, 0.2) is 0 Å². The fraction of sp³-hybridized carbons (Fsp3) is 0.870. The van der Waals surface area contributed by atoms with Crippen molar-refractivity contribution in [2.45, 2.75) is 219 Å². The Labute approximate surface area is 324 Å². The molecule has 306 valence electrons. The van der Waals surface area contributed by atoms with Crippen molar-refractivity contribution in [3.05, 3.63) is 24.3 Å². The van der Waals surface area contributed by atoms with Crippen LogP contribution in [0, 0.1) is 0 Å². The van der Waals surface area contributed by atoms with Crippen LogP contribution in [-0.4, -0.2) is 51.1 Å². The van der Waals surface area contributed by atoms with E-state index in [0.29, 0.717) is 12.8 Å². The number of unbranched alkanes of at least 4 members (excludes halogenated alkanes) is 23. The quantitative estimate of drug-likeness (QED) is 0.0372. The van der Waals surface area contributed by atoms with Gasteiger partial charge in [0.25, 0.3) is 0 Å². The molecule has 0 saturated heterocycles. The number of nitrogens with one attached hydrogen (secondary N) is 4. The second-order valence-corrected chi connectivity index (χ2v) is 15.3. The van der Waals surface area contributed by atoms with Crippen molar-refractivity contribution in [3.63, 3.8) is 0 Å². The van der Waals surface area contributed by atoms with Crippen molar-refractivity contribution in [2.24, 2.45) is 0 Å². The third kappa shape index (κ3) is 44.5. The first-order chi connectivity index (χ1) is 25.7. The Morgan fingerprint density at radius 2 is 0.615 bits per heavy atom. The summed E-state index contributed by atoms with van der Waals surface area (Å²) in [5, 5.41) is 13.2. The van der Waals surface area contributed by atoms with Gasteiger partial charge >= 0.3 is 0 Å². The Morgan fingerprint density at radius 3 is 0.962 bits per heavy atom.